The molecular weight excluding hydrogens is 278 g/mol. The summed E-state index contributed by atoms with van der Waals surface area (Å²) < 4.78 is 2.20. The summed E-state index contributed by atoms with van der Waals surface area (Å²) in [7, 11) is 0.308. The normalized spacial score (nSPS) is 11.4. The summed E-state index contributed by atoms with van der Waals surface area (Å²) in [5.41, 5.74) is 4.21. The third-order valence-corrected chi connectivity index (χ3v) is 8.07. The van der Waals surface area contributed by atoms with Crippen molar-refractivity contribution >= 4 is 21.7 Å². The van der Waals surface area contributed by atoms with Crippen LogP contribution >= 0.6 is 0 Å². The highest BCUT2D eigenvalue weighted by Gasteiger charge is 2.20. The molecule has 0 bridgehead atoms. The fraction of sp³-hybridized carbons (Fsp3) is 0.375. The van der Waals surface area contributed by atoms with Crippen LogP contribution in [0.1, 0.15) is 5.56 Å². The Labute approximate surface area is 125 Å². The van der Waals surface area contributed by atoms with Crippen LogP contribution in [0.5, 0.6) is 0 Å². The van der Waals surface area contributed by atoms with E-state index in [4.69, 9.17) is 0 Å². The monoisotopic (exact) mass is 301 g/mol. The summed E-state index contributed by atoms with van der Waals surface area (Å²) in [5, 5.41) is 1.02. The van der Waals surface area contributed by atoms with Crippen molar-refractivity contribution in [2.75, 3.05) is 14.1 Å². The van der Waals surface area contributed by atoms with Crippen LogP contribution in [0.2, 0.25) is 26.2 Å². The Bertz CT molecular complexity index is 575. The molecule has 0 spiro atoms. The van der Waals surface area contributed by atoms with Crippen molar-refractivity contribution in [3.63, 3.8) is 0 Å². The summed E-state index contributed by atoms with van der Waals surface area (Å²) in [4.78, 5) is 10.0. The highest BCUT2D eigenvalue weighted by molar-refractivity contribution is 6.83. The Kier molecular flexibility index (Phi) is 5.38. The maximum atomic E-state index is 10.0. The van der Waals surface area contributed by atoms with Gasteiger partial charge in [0.05, 0.1) is 0 Å². The van der Waals surface area contributed by atoms with E-state index in [1.54, 1.807) is 0 Å². The Morgan fingerprint density at radius 1 is 0.950 bits per heavy atom. The standard InChI is InChI=1S/C16H23NOSi2/c1-17(2)19(3,4)14-8-7-9-15-10-12-16(13-11-15)20(5,6)18/h10-13,18H,1-6H3. The summed E-state index contributed by atoms with van der Waals surface area (Å²) in [6.45, 7) is 8.22. The molecule has 0 heterocycles. The molecule has 20 heavy (non-hydrogen) atoms. The minimum Gasteiger partial charge on any atom is -0.428 e. The lowest BCUT2D eigenvalue weighted by molar-refractivity contribution is 0.568. The topological polar surface area (TPSA) is 23.5 Å². The molecule has 1 aromatic carbocycles. The lowest BCUT2D eigenvalue weighted by Gasteiger charge is -2.23. The molecule has 1 rings (SSSR count). The first-order valence-corrected chi connectivity index (χ1v) is 12.6. The minimum atomic E-state index is -2.21. The highest BCUT2D eigenvalue weighted by atomic mass is 28.4. The van der Waals surface area contributed by atoms with Gasteiger partial charge in [-0.15, -0.1) is 0 Å². The van der Waals surface area contributed by atoms with E-state index in [-0.39, 0.29) is 0 Å². The van der Waals surface area contributed by atoms with Crippen LogP contribution in [0.4, 0.5) is 0 Å². The number of hydrogen-bond donors (Lipinski definition) is 1. The van der Waals surface area contributed by atoms with Crippen LogP contribution in [0.15, 0.2) is 24.3 Å². The second-order valence-corrected chi connectivity index (χ2v) is 14.0. The fourth-order valence-electron chi connectivity index (χ4n) is 1.36. The summed E-state index contributed by atoms with van der Waals surface area (Å²) in [6.07, 6.45) is 0. The zero-order valence-electron chi connectivity index (χ0n) is 13.2. The Balaban J connectivity index is 2.82. The van der Waals surface area contributed by atoms with Gasteiger partial charge >= 0.3 is 0 Å². The maximum Gasteiger partial charge on any atom is 0.213 e. The SMILES string of the molecule is CN(C)[Si](C)(C)C#CC#Cc1ccc([Si](C)(C)O)cc1. The van der Waals surface area contributed by atoms with Gasteiger partial charge < -0.3 is 9.36 Å². The summed E-state index contributed by atoms with van der Waals surface area (Å²) >= 11 is 0. The van der Waals surface area contributed by atoms with Gasteiger partial charge in [-0.25, -0.2) is 0 Å². The predicted molar refractivity (Wildman–Crippen MR) is 91.6 cm³/mol. The second kappa shape index (κ2) is 6.43. The van der Waals surface area contributed by atoms with Gasteiger partial charge in [-0.1, -0.05) is 23.6 Å². The minimum absolute atomic E-state index is 0.936. The molecule has 0 amide bonds. The smallest absolute Gasteiger partial charge is 0.213 e. The first-order chi connectivity index (χ1) is 9.13. The van der Waals surface area contributed by atoms with Crippen molar-refractivity contribution in [3.8, 4) is 23.3 Å². The number of nitrogens with zero attached hydrogens (tertiary/aromatic N) is 1. The van der Waals surface area contributed by atoms with Crippen LogP contribution in [-0.4, -0.2) is 40.0 Å². The molecule has 0 aromatic heterocycles. The molecule has 0 aliphatic heterocycles. The molecule has 1 N–H and O–H groups in total. The van der Waals surface area contributed by atoms with E-state index in [0.29, 0.717) is 0 Å². The van der Waals surface area contributed by atoms with Gasteiger partial charge in [0.15, 0.2) is 0 Å². The Morgan fingerprint density at radius 3 is 1.95 bits per heavy atom. The third kappa shape index (κ3) is 4.99. The lowest BCUT2D eigenvalue weighted by atomic mass is 10.2. The number of hydrogen-bond acceptors (Lipinski definition) is 2. The lowest BCUT2D eigenvalue weighted by Crippen LogP contribution is -2.42. The van der Waals surface area contributed by atoms with Crippen molar-refractivity contribution in [1.29, 1.82) is 0 Å². The highest BCUT2D eigenvalue weighted by Crippen LogP contribution is 2.02. The average Bonchev–Trinajstić information content (AvgIpc) is 2.34. The quantitative estimate of drug-likeness (QED) is 0.664. The van der Waals surface area contributed by atoms with Gasteiger partial charge in [-0.3, -0.25) is 0 Å². The number of benzene rings is 1. The summed E-state index contributed by atoms with van der Waals surface area (Å²) in [5.74, 6) is 8.93. The summed E-state index contributed by atoms with van der Waals surface area (Å²) in [6, 6.07) is 7.82. The first kappa shape index (κ1) is 16.7. The zero-order chi connectivity index (χ0) is 15.4. The maximum absolute atomic E-state index is 10.0. The Morgan fingerprint density at radius 2 is 1.50 bits per heavy atom. The molecule has 0 aliphatic rings. The van der Waals surface area contributed by atoms with Crippen molar-refractivity contribution in [2.45, 2.75) is 26.2 Å². The van der Waals surface area contributed by atoms with E-state index in [9.17, 15) is 4.80 Å². The molecule has 0 fully saturated rings. The van der Waals surface area contributed by atoms with Gasteiger partial charge in [-0.05, 0) is 69.4 Å². The van der Waals surface area contributed by atoms with Gasteiger partial charge in [0.1, 0.15) is 0 Å². The van der Waals surface area contributed by atoms with Crippen molar-refractivity contribution in [2.24, 2.45) is 0 Å². The Hall–Kier alpha value is -1.31. The van der Waals surface area contributed by atoms with Crippen LogP contribution in [0.25, 0.3) is 0 Å². The molecule has 4 heteroatoms. The van der Waals surface area contributed by atoms with E-state index >= 15 is 0 Å². The number of rotatable bonds is 2. The van der Waals surface area contributed by atoms with Crippen molar-refractivity contribution < 1.29 is 4.80 Å². The van der Waals surface area contributed by atoms with E-state index in [2.05, 4.69) is 55.1 Å². The van der Waals surface area contributed by atoms with E-state index < -0.39 is 16.6 Å². The molecule has 0 saturated carbocycles. The molecule has 1 aromatic rings. The van der Waals surface area contributed by atoms with Crippen LogP contribution in [0.3, 0.4) is 0 Å². The van der Waals surface area contributed by atoms with Gasteiger partial charge in [-0.2, -0.15) is 0 Å². The molecule has 0 atom stereocenters. The molecule has 0 saturated heterocycles. The van der Waals surface area contributed by atoms with E-state index in [0.717, 1.165) is 10.8 Å². The fourth-order valence-corrected chi connectivity index (χ4v) is 2.94. The van der Waals surface area contributed by atoms with Gasteiger partial charge in [0, 0.05) is 5.56 Å². The molecule has 106 valence electrons. The van der Waals surface area contributed by atoms with E-state index in [1.807, 2.05) is 37.4 Å². The molecule has 2 nitrogen and oxygen atoms in total. The van der Waals surface area contributed by atoms with Crippen LogP contribution in [0, 0.1) is 23.3 Å². The predicted octanol–water partition coefficient (Wildman–Crippen LogP) is 1.75. The molecular formula is C16H23NOSi2. The van der Waals surface area contributed by atoms with E-state index in [1.165, 1.54) is 0 Å². The molecule has 0 unspecified atom stereocenters. The largest absolute Gasteiger partial charge is 0.428 e. The van der Waals surface area contributed by atoms with Crippen LogP contribution < -0.4 is 5.19 Å². The second-order valence-electron chi connectivity index (χ2n) is 6.09. The van der Waals surface area contributed by atoms with Crippen molar-refractivity contribution in [1.82, 2.24) is 4.57 Å². The average molecular weight is 302 g/mol. The van der Waals surface area contributed by atoms with Gasteiger partial charge in [0.2, 0.25) is 16.6 Å². The molecule has 0 radical (unpaired) electrons. The third-order valence-electron chi connectivity index (χ3n) is 3.35. The first-order valence-electron chi connectivity index (χ1n) is 6.66. The molecule has 0 aliphatic carbocycles. The zero-order valence-corrected chi connectivity index (χ0v) is 15.2. The van der Waals surface area contributed by atoms with Gasteiger partial charge in [0.25, 0.3) is 0 Å². The van der Waals surface area contributed by atoms with Crippen LogP contribution in [-0.2, 0) is 0 Å². The van der Waals surface area contributed by atoms with Crippen molar-refractivity contribution in [3.05, 3.63) is 29.8 Å².